The summed E-state index contributed by atoms with van der Waals surface area (Å²) < 4.78 is 15.5. The molecule has 21 heavy (non-hydrogen) atoms. The maximum atomic E-state index is 11.8. The molecule has 1 rings (SSSR count). The van der Waals surface area contributed by atoms with E-state index in [1.807, 2.05) is 0 Å². The minimum absolute atomic E-state index is 0.240. The molecule has 2 amide bonds. The summed E-state index contributed by atoms with van der Waals surface area (Å²) in [5.41, 5.74) is 11.0. The molecule has 0 fully saturated rings. The summed E-state index contributed by atoms with van der Waals surface area (Å²) in [4.78, 5) is 22.6. The number of amides is 2. The first-order valence-corrected chi connectivity index (χ1v) is 6.07. The maximum Gasteiger partial charge on any atom is 0.241 e. The second kappa shape index (κ2) is 7.34. The molecule has 0 saturated carbocycles. The highest BCUT2D eigenvalue weighted by atomic mass is 16.5. The molecule has 1 unspecified atom stereocenters. The summed E-state index contributed by atoms with van der Waals surface area (Å²) in [6.07, 6.45) is -0.240. The van der Waals surface area contributed by atoms with Gasteiger partial charge in [0.1, 0.15) is 0 Å². The quantitative estimate of drug-likeness (QED) is 0.642. The molecule has 5 N–H and O–H groups in total. The van der Waals surface area contributed by atoms with E-state index >= 15 is 0 Å². The zero-order chi connectivity index (χ0) is 16.0. The highest BCUT2D eigenvalue weighted by molar-refractivity contribution is 5.97. The van der Waals surface area contributed by atoms with Crippen molar-refractivity contribution >= 4 is 17.5 Å². The number of carbonyl (C=O) groups is 2. The number of nitrogens with one attached hydrogen (secondary N) is 1. The van der Waals surface area contributed by atoms with Crippen molar-refractivity contribution < 1.29 is 23.8 Å². The van der Waals surface area contributed by atoms with Gasteiger partial charge in [-0.1, -0.05) is 0 Å². The van der Waals surface area contributed by atoms with Crippen LogP contribution in [0.25, 0.3) is 0 Å². The number of primary amides is 1. The smallest absolute Gasteiger partial charge is 0.241 e. The van der Waals surface area contributed by atoms with E-state index in [1.165, 1.54) is 21.3 Å². The van der Waals surface area contributed by atoms with Crippen LogP contribution in [0.3, 0.4) is 0 Å². The fourth-order valence-corrected chi connectivity index (χ4v) is 1.70. The molecule has 0 aromatic heterocycles. The first-order chi connectivity index (χ1) is 9.92. The molecular weight excluding hydrogens is 278 g/mol. The molecule has 0 radical (unpaired) electrons. The van der Waals surface area contributed by atoms with Crippen molar-refractivity contribution in [3.63, 3.8) is 0 Å². The third-order valence-corrected chi connectivity index (χ3v) is 2.69. The number of rotatable bonds is 7. The first kappa shape index (κ1) is 16.6. The summed E-state index contributed by atoms with van der Waals surface area (Å²) in [6, 6.07) is 2.08. The Balaban J connectivity index is 2.98. The van der Waals surface area contributed by atoms with Gasteiger partial charge in [0.25, 0.3) is 0 Å². The van der Waals surface area contributed by atoms with Gasteiger partial charge >= 0.3 is 0 Å². The fourth-order valence-electron chi connectivity index (χ4n) is 1.70. The van der Waals surface area contributed by atoms with Crippen LogP contribution in [0, 0.1) is 0 Å². The van der Waals surface area contributed by atoms with Crippen molar-refractivity contribution in [2.24, 2.45) is 11.5 Å². The normalized spacial score (nSPS) is 11.4. The minimum Gasteiger partial charge on any atom is -0.493 e. The highest BCUT2D eigenvalue weighted by Crippen LogP contribution is 2.39. The molecule has 0 bridgehead atoms. The van der Waals surface area contributed by atoms with Crippen LogP contribution in [-0.4, -0.2) is 39.2 Å². The Labute approximate surface area is 122 Å². The number of methoxy groups -OCH3 is 3. The summed E-state index contributed by atoms with van der Waals surface area (Å²) in [5, 5.41) is 2.56. The molecule has 1 aromatic carbocycles. The largest absolute Gasteiger partial charge is 0.493 e. The van der Waals surface area contributed by atoms with Gasteiger partial charge < -0.3 is 31.0 Å². The predicted molar refractivity (Wildman–Crippen MR) is 76.5 cm³/mol. The molecular formula is C13H19N3O5. The van der Waals surface area contributed by atoms with Crippen LogP contribution in [0.1, 0.15) is 6.42 Å². The van der Waals surface area contributed by atoms with Crippen LogP contribution < -0.4 is 31.0 Å². The van der Waals surface area contributed by atoms with Gasteiger partial charge in [-0.05, 0) is 0 Å². The Morgan fingerprint density at radius 2 is 1.67 bits per heavy atom. The maximum absolute atomic E-state index is 11.8. The van der Waals surface area contributed by atoms with E-state index in [0.717, 1.165) is 0 Å². The van der Waals surface area contributed by atoms with E-state index in [-0.39, 0.29) is 6.42 Å². The van der Waals surface area contributed by atoms with Crippen LogP contribution in [0.2, 0.25) is 0 Å². The fraction of sp³-hybridized carbons (Fsp3) is 0.385. The van der Waals surface area contributed by atoms with E-state index < -0.39 is 17.9 Å². The molecule has 8 nitrogen and oxygen atoms in total. The van der Waals surface area contributed by atoms with Gasteiger partial charge in [-0.3, -0.25) is 9.59 Å². The monoisotopic (exact) mass is 297 g/mol. The standard InChI is InChI=1S/C13H19N3O5/c1-19-9-4-7(5-10(20-2)12(9)21-3)16-13(18)8(14)6-11(15)17/h4-5,8H,6,14H2,1-3H3,(H2,15,17)(H,16,18). The van der Waals surface area contributed by atoms with E-state index in [1.54, 1.807) is 12.1 Å². The second-order valence-corrected chi connectivity index (χ2v) is 4.18. The summed E-state index contributed by atoms with van der Waals surface area (Å²) in [6.45, 7) is 0. The lowest BCUT2D eigenvalue weighted by atomic mass is 10.2. The van der Waals surface area contributed by atoms with Gasteiger partial charge in [-0.25, -0.2) is 0 Å². The molecule has 0 aliphatic rings. The molecule has 0 heterocycles. The number of benzene rings is 1. The molecule has 0 aliphatic heterocycles. The van der Waals surface area contributed by atoms with E-state index in [2.05, 4.69) is 5.32 Å². The third kappa shape index (κ3) is 4.25. The number of ether oxygens (including phenoxy) is 3. The molecule has 116 valence electrons. The lowest BCUT2D eigenvalue weighted by Crippen LogP contribution is -2.39. The van der Waals surface area contributed by atoms with Crippen molar-refractivity contribution in [1.29, 1.82) is 0 Å². The summed E-state index contributed by atoms with van der Waals surface area (Å²) in [5.74, 6) is -0.0173. The predicted octanol–water partition coefficient (Wildman–Crippen LogP) is -0.146. The molecule has 0 spiro atoms. The van der Waals surface area contributed by atoms with Crippen LogP contribution in [-0.2, 0) is 9.59 Å². The lowest BCUT2D eigenvalue weighted by molar-refractivity contribution is -0.123. The van der Waals surface area contributed by atoms with Gasteiger partial charge in [-0.2, -0.15) is 0 Å². The molecule has 1 atom stereocenters. The van der Waals surface area contributed by atoms with E-state index in [4.69, 9.17) is 25.7 Å². The van der Waals surface area contributed by atoms with Crippen molar-refractivity contribution in [2.75, 3.05) is 26.6 Å². The van der Waals surface area contributed by atoms with Crippen LogP contribution >= 0.6 is 0 Å². The van der Waals surface area contributed by atoms with E-state index in [0.29, 0.717) is 22.9 Å². The molecule has 0 saturated heterocycles. The molecule has 1 aromatic rings. The summed E-state index contributed by atoms with van der Waals surface area (Å²) >= 11 is 0. The summed E-state index contributed by atoms with van der Waals surface area (Å²) in [7, 11) is 4.39. The Kier molecular flexibility index (Phi) is 5.79. The van der Waals surface area contributed by atoms with Crippen LogP contribution in [0.4, 0.5) is 5.69 Å². The van der Waals surface area contributed by atoms with Crippen LogP contribution in [0.5, 0.6) is 17.2 Å². The number of hydrogen-bond acceptors (Lipinski definition) is 6. The minimum atomic E-state index is -1.03. The average Bonchev–Trinajstić information content (AvgIpc) is 2.45. The first-order valence-electron chi connectivity index (χ1n) is 6.07. The number of hydrogen-bond donors (Lipinski definition) is 3. The number of carbonyl (C=O) groups excluding carboxylic acids is 2. The average molecular weight is 297 g/mol. The second-order valence-electron chi connectivity index (χ2n) is 4.18. The number of nitrogens with two attached hydrogens (primary N) is 2. The highest BCUT2D eigenvalue weighted by Gasteiger charge is 2.18. The SMILES string of the molecule is COc1cc(NC(=O)C(N)CC(N)=O)cc(OC)c1OC. The Hall–Kier alpha value is -2.48. The topological polar surface area (TPSA) is 126 Å². The van der Waals surface area contributed by atoms with Gasteiger partial charge in [0.2, 0.25) is 17.6 Å². The van der Waals surface area contributed by atoms with Gasteiger partial charge in [-0.15, -0.1) is 0 Å². The van der Waals surface area contributed by atoms with Crippen LogP contribution in [0.15, 0.2) is 12.1 Å². The third-order valence-electron chi connectivity index (χ3n) is 2.69. The zero-order valence-corrected chi connectivity index (χ0v) is 12.1. The lowest BCUT2D eigenvalue weighted by Gasteiger charge is -2.16. The van der Waals surface area contributed by atoms with Crippen molar-refractivity contribution in [2.45, 2.75) is 12.5 Å². The number of anilines is 1. The Morgan fingerprint density at radius 1 is 1.14 bits per heavy atom. The molecule has 8 heteroatoms. The zero-order valence-electron chi connectivity index (χ0n) is 12.1. The van der Waals surface area contributed by atoms with Crippen molar-refractivity contribution in [3.8, 4) is 17.2 Å². The van der Waals surface area contributed by atoms with Crippen molar-refractivity contribution in [3.05, 3.63) is 12.1 Å². The Bertz CT molecular complexity index is 508. The Morgan fingerprint density at radius 3 is 2.05 bits per heavy atom. The van der Waals surface area contributed by atoms with E-state index in [9.17, 15) is 9.59 Å². The van der Waals surface area contributed by atoms with Gasteiger partial charge in [0.15, 0.2) is 11.5 Å². The van der Waals surface area contributed by atoms with Gasteiger partial charge in [0, 0.05) is 17.8 Å². The molecule has 0 aliphatic carbocycles. The van der Waals surface area contributed by atoms with Gasteiger partial charge in [0.05, 0.1) is 33.8 Å². The van der Waals surface area contributed by atoms with Crippen molar-refractivity contribution in [1.82, 2.24) is 0 Å².